The minimum atomic E-state index is -4.57. The molecule has 1 amide bonds. The van der Waals surface area contributed by atoms with Crippen LogP contribution < -0.4 is 15.8 Å². The summed E-state index contributed by atoms with van der Waals surface area (Å²) in [7, 11) is 5.07. The standard InChI is InChI=1S/C16H20F3N5O2/c1-21-15(20)23-14(25)11-8-9-10(16(17,18)19)4-5-12(13(9)22-11)26-7-6-24(2)3/h4-5,8,22H,6-7H2,1-3H3,(H3,20,21,23,25). The normalized spacial score (nSPS) is 12.7. The van der Waals surface area contributed by atoms with Gasteiger partial charge in [0.1, 0.15) is 18.1 Å². The van der Waals surface area contributed by atoms with Crippen LogP contribution >= 0.6 is 0 Å². The van der Waals surface area contributed by atoms with Crippen LogP contribution in [0.5, 0.6) is 5.75 Å². The zero-order chi connectivity index (χ0) is 19.5. The Hall–Kier alpha value is -2.75. The van der Waals surface area contributed by atoms with Gasteiger partial charge in [-0.05, 0) is 32.3 Å². The number of likely N-dealkylation sites (N-methyl/N-ethyl adjacent to an activating group) is 1. The first-order chi connectivity index (χ1) is 12.1. The van der Waals surface area contributed by atoms with E-state index in [0.717, 1.165) is 12.1 Å². The Bertz CT molecular complexity index is 827. The lowest BCUT2D eigenvalue weighted by Gasteiger charge is -2.13. The molecule has 2 aromatic rings. The topological polar surface area (TPSA) is 95.7 Å². The lowest BCUT2D eigenvalue weighted by atomic mass is 10.1. The number of aromatic nitrogens is 1. The largest absolute Gasteiger partial charge is 0.490 e. The molecule has 0 saturated heterocycles. The predicted molar refractivity (Wildman–Crippen MR) is 92.4 cm³/mol. The second kappa shape index (κ2) is 7.65. The Labute approximate surface area is 148 Å². The summed E-state index contributed by atoms with van der Waals surface area (Å²) >= 11 is 0. The summed E-state index contributed by atoms with van der Waals surface area (Å²) in [4.78, 5) is 20.3. The summed E-state index contributed by atoms with van der Waals surface area (Å²) in [5, 5.41) is 2.12. The number of fused-ring (bicyclic) bond motifs is 1. The van der Waals surface area contributed by atoms with E-state index >= 15 is 0 Å². The van der Waals surface area contributed by atoms with Crippen molar-refractivity contribution in [3.63, 3.8) is 0 Å². The van der Waals surface area contributed by atoms with E-state index in [2.05, 4.69) is 15.3 Å². The minimum Gasteiger partial charge on any atom is -0.490 e. The minimum absolute atomic E-state index is 0.0826. The van der Waals surface area contributed by atoms with Crippen molar-refractivity contribution in [3.8, 4) is 5.75 Å². The van der Waals surface area contributed by atoms with Crippen molar-refractivity contribution in [3.05, 3.63) is 29.5 Å². The van der Waals surface area contributed by atoms with Crippen molar-refractivity contribution >= 4 is 22.8 Å². The summed E-state index contributed by atoms with van der Waals surface area (Å²) < 4.78 is 45.4. The third kappa shape index (κ3) is 4.45. The molecule has 2 rings (SSSR count). The predicted octanol–water partition coefficient (Wildman–Crippen LogP) is 1.80. The number of halogens is 3. The van der Waals surface area contributed by atoms with Crippen molar-refractivity contribution in [1.29, 1.82) is 0 Å². The number of alkyl halides is 3. The molecular formula is C16H20F3N5O2. The number of aromatic amines is 1. The quantitative estimate of drug-likeness (QED) is 0.552. The van der Waals surface area contributed by atoms with E-state index in [9.17, 15) is 18.0 Å². The number of carbonyl (C=O) groups is 1. The van der Waals surface area contributed by atoms with Crippen LogP contribution in [0.2, 0.25) is 0 Å². The van der Waals surface area contributed by atoms with Gasteiger partial charge in [0.25, 0.3) is 5.91 Å². The molecular weight excluding hydrogens is 351 g/mol. The van der Waals surface area contributed by atoms with Gasteiger partial charge < -0.3 is 20.4 Å². The van der Waals surface area contributed by atoms with E-state index in [-0.39, 0.29) is 34.9 Å². The van der Waals surface area contributed by atoms with Crippen molar-refractivity contribution in [2.75, 3.05) is 34.3 Å². The Balaban J connectivity index is 2.46. The number of hydrogen-bond acceptors (Lipinski definition) is 4. The molecule has 1 aromatic carbocycles. The summed E-state index contributed by atoms with van der Waals surface area (Å²) in [6.45, 7) is 0.865. The Morgan fingerprint density at radius 2 is 2.08 bits per heavy atom. The number of aliphatic imine (C=N–C) groups is 1. The number of H-pyrrole nitrogens is 1. The number of benzene rings is 1. The van der Waals surface area contributed by atoms with Gasteiger partial charge in [-0.1, -0.05) is 0 Å². The van der Waals surface area contributed by atoms with Gasteiger partial charge in [-0.3, -0.25) is 15.1 Å². The summed E-state index contributed by atoms with van der Waals surface area (Å²) in [5.74, 6) is -0.616. The lowest BCUT2D eigenvalue weighted by Crippen LogP contribution is -2.36. The van der Waals surface area contributed by atoms with E-state index in [1.54, 1.807) is 0 Å². The maximum absolute atomic E-state index is 13.3. The zero-order valence-electron chi connectivity index (χ0n) is 14.6. The van der Waals surface area contributed by atoms with Gasteiger partial charge in [-0.15, -0.1) is 0 Å². The van der Waals surface area contributed by atoms with Crippen molar-refractivity contribution < 1.29 is 22.7 Å². The number of nitrogens with zero attached hydrogens (tertiary/aromatic N) is 2. The molecule has 0 bridgehead atoms. The van der Waals surface area contributed by atoms with Gasteiger partial charge in [0.15, 0.2) is 5.96 Å². The van der Waals surface area contributed by atoms with Crippen molar-refractivity contribution in [1.82, 2.24) is 15.2 Å². The number of carbonyl (C=O) groups excluding carboxylic acids is 1. The fourth-order valence-corrected chi connectivity index (χ4v) is 2.26. The maximum atomic E-state index is 13.3. The first kappa shape index (κ1) is 19.6. The number of ether oxygens (including phenoxy) is 1. The first-order valence-corrected chi connectivity index (χ1v) is 7.67. The Kier molecular flexibility index (Phi) is 5.76. The van der Waals surface area contributed by atoms with Crippen LogP contribution in [-0.2, 0) is 6.18 Å². The van der Waals surface area contributed by atoms with E-state index in [1.807, 2.05) is 19.0 Å². The summed E-state index contributed by atoms with van der Waals surface area (Å²) in [6.07, 6.45) is -4.57. The number of guanidine groups is 1. The van der Waals surface area contributed by atoms with Gasteiger partial charge >= 0.3 is 6.18 Å². The summed E-state index contributed by atoms with van der Waals surface area (Å²) in [6, 6.07) is 3.29. The third-order valence-electron chi connectivity index (χ3n) is 3.58. The molecule has 0 aliphatic rings. The van der Waals surface area contributed by atoms with Gasteiger partial charge in [-0.25, -0.2) is 0 Å². The number of rotatable bonds is 5. The number of nitrogens with two attached hydrogens (primary N) is 1. The van der Waals surface area contributed by atoms with Gasteiger partial charge in [0, 0.05) is 19.0 Å². The van der Waals surface area contributed by atoms with Gasteiger partial charge in [0.2, 0.25) is 0 Å². The van der Waals surface area contributed by atoms with Crippen LogP contribution in [0.3, 0.4) is 0 Å². The second-order valence-electron chi connectivity index (χ2n) is 5.80. The van der Waals surface area contributed by atoms with Gasteiger partial charge in [0.05, 0.1) is 11.1 Å². The van der Waals surface area contributed by atoms with Crippen LogP contribution in [-0.4, -0.2) is 56.0 Å². The molecule has 0 saturated carbocycles. The van der Waals surface area contributed by atoms with Gasteiger partial charge in [-0.2, -0.15) is 13.2 Å². The Morgan fingerprint density at radius 3 is 2.65 bits per heavy atom. The fraction of sp³-hybridized carbons (Fsp3) is 0.375. The van der Waals surface area contributed by atoms with Crippen LogP contribution in [0, 0.1) is 0 Å². The lowest BCUT2D eigenvalue weighted by molar-refractivity contribution is -0.136. The molecule has 10 heteroatoms. The highest BCUT2D eigenvalue weighted by Gasteiger charge is 2.34. The Morgan fingerprint density at radius 1 is 1.38 bits per heavy atom. The first-order valence-electron chi connectivity index (χ1n) is 7.67. The molecule has 4 N–H and O–H groups in total. The number of nitrogens with one attached hydrogen (secondary N) is 2. The molecule has 26 heavy (non-hydrogen) atoms. The number of hydrogen-bond donors (Lipinski definition) is 3. The van der Waals surface area contributed by atoms with Crippen LogP contribution in [0.25, 0.3) is 10.9 Å². The van der Waals surface area contributed by atoms with Crippen molar-refractivity contribution in [2.24, 2.45) is 10.7 Å². The van der Waals surface area contributed by atoms with E-state index < -0.39 is 17.6 Å². The molecule has 0 atom stereocenters. The average molecular weight is 371 g/mol. The monoisotopic (exact) mass is 371 g/mol. The molecule has 7 nitrogen and oxygen atoms in total. The highest BCUT2D eigenvalue weighted by Crippen LogP contribution is 2.38. The number of amides is 1. The molecule has 142 valence electrons. The molecule has 0 spiro atoms. The summed E-state index contributed by atoms with van der Waals surface area (Å²) in [5.41, 5.74) is 4.57. The van der Waals surface area contributed by atoms with Crippen LogP contribution in [0.1, 0.15) is 16.1 Å². The molecule has 0 fully saturated rings. The molecule has 1 aromatic heterocycles. The highest BCUT2D eigenvalue weighted by molar-refractivity contribution is 6.07. The van der Waals surface area contributed by atoms with Crippen LogP contribution in [0.15, 0.2) is 23.2 Å². The zero-order valence-corrected chi connectivity index (χ0v) is 14.6. The SMILES string of the molecule is CN=C(N)NC(=O)c1cc2c(C(F)(F)F)ccc(OCCN(C)C)c2[nH]1. The second-order valence-corrected chi connectivity index (χ2v) is 5.80. The molecule has 0 aliphatic heterocycles. The maximum Gasteiger partial charge on any atom is 0.417 e. The molecule has 0 radical (unpaired) electrons. The van der Waals surface area contributed by atoms with E-state index in [4.69, 9.17) is 10.5 Å². The van der Waals surface area contributed by atoms with Crippen molar-refractivity contribution in [2.45, 2.75) is 6.18 Å². The molecule has 0 aliphatic carbocycles. The fourth-order valence-electron chi connectivity index (χ4n) is 2.26. The molecule has 0 unspecified atom stereocenters. The average Bonchev–Trinajstić information content (AvgIpc) is 2.98. The van der Waals surface area contributed by atoms with E-state index in [1.165, 1.54) is 13.1 Å². The smallest absolute Gasteiger partial charge is 0.417 e. The van der Waals surface area contributed by atoms with E-state index in [0.29, 0.717) is 6.54 Å². The third-order valence-corrected chi connectivity index (χ3v) is 3.58. The van der Waals surface area contributed by atoms with Crippen LogP contribution in [0.4, 0.5) is 13.2 Å². The molecule has 1 heterocycles. The highest BCUT2D eigenvalue weighted by atomic mass is 19.4.